The van der Waals surface area contributed by atoms with Gasteiger partial charge in [-0.2, -0.15) is 0 Å². The fourth-order valence-electron chi connectivity index (χ4n) is 2.12. The van der Waals surface area contributed by atoms with E-state index in [2.05, 4.69) is 5.32 Å². The second-order valence-electron chi connectivity index (χ2n) is 5.00. The van der Waals surface area contributed by atoms with Gasteiger partial charge in [0.1, 0.15) is 5.75 Å². The number of hydrogen-bond donors (Lipinski definition) is 1. The molecule has 2 amide bonds. The van der Waals surface area contributed by atoms with Crippen molar-refractivity contribution in [2.24, 2.45) is 0 Å². The SMILES string of the molecule is Cc1ccc(OC(C)C(=O)N2CCNC(=O)CC2)cc1. The van der Waals surface area contributed by atoms with Crippen molar-refractivity contribution in [3.63, 3.8) is 0 Å². The van der Waals surface area contributed by atoms with E-state index < -0.39 is 6.10 Å². The molecule has 2 rings (SSSR count). The van der Waals surface area contributed by atoms with Gasteiger partial charge in [0.2, 0.25) is 5.91 Å². The molecule has 0 aromatic heterocycles. The number of carbonyl (C=O) groups is 2. The zero-order valence-electron chi connectivity index (χ0n) is 11.9. The van der Waals surface area contributed by atoms with Crippen LogP contribution in [0.15, 0.2) is 24.3 Å². The molecule has 5 heteroatoms. The lowest BCUT2D eigenvalue weighted by Gasteiger charge is -2.24. The van der Waals surface area contributed by atoms with Gasteiger partial charge in [-0.15, -0.1) is 0 Å². The molecule has 108 valence electrons. The molecule has 0 bridgehead atoms. The fourth-order valence-corrected chi connectivity index (χ4v) is 2.12. The zero-order valence-corrected chi connectivity index (χ0v) is 11.9. The summed E-state index contributed by atoms with van der Waals surface area (Å²) in [4.78, 5) is 25.2. The number of amides is 2. The quantitative estimate of drug-likeness (QED) is 0.899. The van der Waals surface area contributed by atoms with E-state index in [1.54, 1.807) is 11.8 Å². The van der Waals surface area contributed by atoms with E-state index in [0.29, 0.717) is 31.8 Å². The number of rotatable bonds is 3. The van der Waals surface area contributed by atoms with Crippen LogP contribution < -0.4 is 10.1 Å². The molecule has 20 heavy (non-hydrogen) atoms. The molecule has 0 radical (unpaired) electrons. The Kier molecular flexibility index (Phi) is 4.61. The summed E-state index contributed by atoms with van der Waals surface area (Å²) >= 11 is 0. The number of benzene rings is 1. The minimum absolute atomic E-state index is 0.00703. The Labute approximate surface area is 118 Å². The van der Waals surface area contributed by atoms with Crippen molar-refractivity contribution >= 4 is 11.8 Å². The minimum Gasteiger partial charge on any atom is -0.481 e. The molecular formula is C15H20N2O3. The Morgan fingerprint density at radius 3 is 2.70 bits per heavy atom. The maximum atomic E-state index is 12.3. The number of nitrogens with one attached hydrogen (secondary N) is 1. The number of carbonyl (C=O) groups excluding carboxylic acids is 2. The van der Waals surface area contributed by atoms with Gasteiger partial charge in [0.25, 0.3) is 5.91 Å². The number of aryl methyl sites for hydroxylation is 1. The molecule has 1 aromatic rings. The first-order valence-corrected chi connectivity index (χ1v) is 6.85. The van der Waals surface area contributed by atoms with E-state index >= 15 is 0 Å². The molecule has 1 unspecified atom stereocenters. The van der Waals surface area contributed by atoms with Gasteiger partial charge in [-0.05, 0) is 26.0 Å². The molecule has 0 aliphatic carbocycles. The molecule has 1 heterocycles. The number of ether oxygens (including phenoxy) is 1. The highest BCUT2D eigenvalue weighted by molar-refractivity contribution is 5.83. The average Bonchev–Trinajstić information content (AvgIpc) is 2.65. The standard InChI is InChI=1S/C15H20N2O3/c1-11-3-5-13(6-4-11)20-12(2)15(19)17-9-7-14(18)16-8-10-17/h3-6,12H,7-10H2,1-2H3,(H,16,18). The number of hydrogen-bond acceptors (Lipinski definition) is 3. The van der Waals surface area contributed by atoms with Crippen molar-refractivity contribution in [1.29, 1.82) is 0 Å². The normalized spacial score (nSPS) is 17.1. The largest absolute Gasteiger partial charge is 0.481 e. The van der Waals surface area contributed by atoms with Crippen LogP contribution in [0.3, 0.4) is 0 Å². The van der Waals surface area contributed by atoms with E-state index in [1.165, 1.54) is 0 Å². The van der Waals surface area contributed by atoms with Gasteiger partial charge in [-0.1, -0.05) is 17.7 Å². The van der Waals surface area contributed by atoms with Gasteiger partial charge in [-0.25, -0.2) is 0 Å². The van der Waals surface area contributed by atoms with Crippen LogP contribution in [0.25, 0.3) is 0 Å². The number of nitrogens with zero attached hydrogens (tertiary/aromatic N) is 1. The van der Waals surface area contributed by atoms with Crippen LogP contribution in [-0.2, 0) is 9.59 Å². The Morgan fingerprint density at radius 1 is 1.30 bits per heavy atom. The molecule has 1 fully saturated rings. The maximum Gasteiger partial charge on any atom is 0.263 e. The fraction of sp³-hybridized carbons (Fsp3) is 0.467. The lowest BCUT2D eigenvalue weighted by atomic mass is 10.2. The van der Waals surface area contributed by atoms with Crippen molar-refractivity contribution in [3.8, 4) is 5.75 Å². The van der Waals surface area contributed by atoms with Crippen LogP contribution in [0.1, 0.15) is 18.9 Å². The summed E-state index contributed by atoms with van der Waals surface area (Å²) in [5.41, 5.74) is 1.15. The molecule has 1 aliphatic heterocycles. The molecule has 0 saturated carbocycles. The third-order valence-corrected chi connectivity index (χ3v) is 3.31. The van der Waals surface area contributed by atoms with E-state index in [0.717, 1.165) is 5.56 Å². The second-order valence-corrected chi connectivity index (χ2v) is 5.00. The van der Waals surface area contributed by atoms with Gasteiger partial charge in [0, 0.05) is 26.1 Å². The van der Waals surface area contributed by atoms with Crippen molar-refractivity contribution in [3.05, 3.63) is 29.8 Å². The Bertz CT molecular complexity index is 484. The Hall–Kier alpha value is -2.04. The van der Waals surface area contributed by atoms with Gasteiger partial charge in [0.05, 0.1) is 0 Å². The van der Waals surface area contributed by atoms with Crippen LogP contribution in [0.2, 0.25) is 0 Å². The van der Waals surface area contributed by atoms with E-state index in [-0.39, 0.29) is 11.8 Å². The summed E-state index contributed by atoms with van der Waals surface area (Å²) in [7, 11) is 0. The molecule has 5 nitrogen and oxygen atoms in total. The predicted molar refractivity (Wildman–Crippen MR) is 75.5 cm³/mol. The van der Waals surface area contributed by atoms with Crippen molar-refractivity contribution in [2.45, 2.75) is 26.4 Å². The van der Waals surface area contributed by atoms with Crippen molar-refractivity contribution in [2.75, 3.05) is 19.6 Å². The molecular weight excluding hydrogens is 256 g/mol. The summed E-state index contributed by atoms with van der Waals surface area (Å²) in [5, 5.41) is 2.75. The highest BCUT2D eigenvalue weighted by Gasteiger charge is 2.24. The van der Waals surface area contributed by atoms with Crippen LogP contribution in [0.5, 0.6) is 5.75 Å². The third-order valence-electron chi connectivity index (χ3n) is 3.31. The summed E-state index contributed by atoms with van der Waals surface area (Å²) in [6.45, 7) is 5.22. The van der Waals surface area contributed by atoms with Crippen LogP contribution in [0, 0.1) is 6.92 Å². The summed E-state index contributed by atoms with van der Waals surface area (Å²) < 4.78 is 5.66. The van der Waals surface area contributed by atoms with Crippen LogP contribution in [-0.4, -0.2) is 42.5 Å². The van der Waals surface area contributed by atoms with Crippen molar-refractivity contribution in [1.82, 2.24) is 10.2 Å². The summed E-state index contributed by atoms with van der Waals surface area (Å²) in [6, 6.07) is 7.60. The predicted octanol–water partition coefficient (Wildman–Crippen LogP) is 1.11. The Balaban J connectivity index is 1.94. The average molecular weight is 276 g/mol. The zero-order chi connectivity index (χ0) is 14.5. The smallest absolute Gasteiger partial charge is 0.263 e. The molecule has 1 N–H and O–H groups in total. The summed E-state index contributed by atoms with van der Waals surface area (Å²) in [5.74, 6) is 0.593. The second kappa shape index (κ2) is 6.41. The van der Waals surface area contributed by atoms with E-state index in [9.17, 15) is 9.59 Å². The lowest BCUT2D eigenvalue weighted by Crippen LogP contribution is -2.42. The van der Waals surface area contributed by atoms with Crippen LogP contribution >= 0.6 is 0 Å². The minimum atomic E-state index is -0.550. The van der Waals surface area contributed by atoms with Gasteiger partial charge in [0.15, 0.2) is 6.10 Å². The lowest BCUT2D eigenvalue weighted by molar-refractivity contribution is -0.137. The topological polar surface area (TPSA) is 58.6 Å². The van der Waals surface area contributed by atoms with E-state index in [4.69, 9.17) is 4.74 Å². The summed E-state index contributed by atoms with van der Waals surface area (Å²) in [6.07, 6.45) is -0.200. The third kappa shape index (κ3) is 3.73. The molecule has 1 saturated heterocycles. The van der Waals surface area contributed by atoms with E-state index in [1.807, 2.05) is 31.2 Å². The molecule has 1 atom stereocenters. The maximum absolute atomic E-state index is 12.3. The first-order valence-electron chi connectivity index (χ1n) is 6.85. The molecule has 1 aromatic carbocycles. The Morgan fingerprint density at radius 2 is 2.00 bits per heavy atom. The highest BCUT2D eigenvalue weighted by Crippen LogP contribution is 2.14. The van der Waals surface area contributed by atoms with Gasteiger partial charge in [-0.3, -0.25) is 9.59 Å². The van der Waals surface area contributed by atoms with Crippen LogP contribution in [0.4, 0.5) is 0 Å². The molecule has 0 spiro atoms. The molecule has 1 aliphatic rings. The first kappa shape index (κ1) is 14.4. The van der Waals surface area contributed by atoms with Crippen molar-refractivity contribution < 1.29 is 14.3 Å². The van der Waals surface area contributed by atoms with Gasteiger partial charge >= 0.3 is 0 Å². The monoisotopic (exact) mass is 276 g/mol. The van der Waals surface area contributed by atoms with Gasteiger partial charge < -0.3 is 15.0 Å². The highest BCUT2D eigenvalue weighted by atomic mass is 16.5. The first-order chi connectivity index (χ1) is 9.56.